The van der Waals surface area contributed by atoms with E-state index in [1.807, 2.05) is 0 Å². The molecule has 4 N–H and O–H groups in total. The third-order valence-electron chi connectivity index (χ3n) is 1.76. The first-order valence-corrected chi connectivity index (χ1v) is 4.05. The molecule has 0 bridgehead atoms. The smallest absolute Gasteiger partial charge is 0.358 e. The summed E-state index contributed by atoms with van der Waals surface area (Å²) in [5.41, 5.74) is 5.83. The fourth-order valence-corrected chi connectivity index (χ4v) is 1.04. The molecule has 0 aromatic carbocycles. The van der Waals surface area contributed by atoms with Crippen LogP contribution in [0.25, 0.3) is 0 Å². The van der Waals surface area contributed by atoms with Crippen molar-refractivity contribution in [3.63, 3.8) is 0 Å². The second kappa shape index (κ2) is 4.68. The van der Waals surface area contributed by atoms with Gasteiger partial charge in [0.2, 0.25) is 0 Å². The van der Waals surface area contributed by atoms with E-state index in [4.69, 9.17) is 15.6 Å². The summed E-state index contributed by atoms with van der Waals surface area (Å²) in [4.78, 5) is 10.7. The van der Waals surface area contributed by atoms with Gasteiger partial charge < -0.3 is 15.6 Å². The molecule has 1 aromatic rings. The molecule has 1 unspecified atom stereocenters. The highest BCUT2D eigenvalue weighted by Crippen LogP contribution is 2.13. The number of nitrogens with zero attached hydrogens (tertiary/aromatic N) is 2. The summed E-state index contributed by atoms with van der Waals surface area (Å²) in [6.45, 7) is 0.451. The molecular weight excluding hydrogens is 188 g/mol. The lowest BCUT2D eigenvalue weighted by molar-refractivity contribution is 0.0688. The molecule has 14 heavy (non-hydrogen) atoms. The van der Waals surface area contributed by atoms with E-state index in [1.165, 1.54) is 0 Å². The van der Waals surface area contributed by atoms with Crippen molar-refractivity contribution in [2.75, 3.05) is 13.7 Å². The summed E-state index contributed by atoms with van der Waals surface area (Å²) >= 11 is 0. The molecule has 7 nitrogen and oxygen atoms in total. The molecule has 0 spiro atoms. The van der Waals surface area contributed by atoms with Crippen molar-refractivity contribution in [2.45, 2.75) is 12.5 Å². The lowest BCUT2D eigenvalue weighted by Crippen LogP contribution is -2.16. The van der Waals surface area contributed by atoms with Crippen molar-refractivity contribution in [1.82, 2.24) is 15.4 Å². The third kappa shape index (κ3) is 2.27. The largest absolute Gasteiger partial charge is 0.476 e. The maximum atomic E-state index is 10.7. The zero-order chi connectivity index (χ0) is 10.6. The van der Waals surface area contributed by atoms with E-state index in [9.17, 15) is 4.79 Å². The van der Waals surface area contributed by atoms with E-state index in [1.54, 1.807) is 7.11 Å². The Morgan fingerprint density at radius 1 is 1.71 bits per heavy atom. The molecule has 0 saturated carbocycles. The number of carboxylic acid groups (broad SMARTS) is 1. The number of carboxylic acids is 1. The number of nitrogens with one attached hydrogen (secondary N) is 1. The van der Waals surface area contributed by atoms with Gasteiger partial charge in [0.05, 0.1) is 6.04 Å². The average Bonchev–Trinajstić information content (AvgIpc) is 2.62. The molecule has 1 rings (SSSR count). The number of aromatic carboxylic acids is 1. The second-order valence-corrected chi connectivity index (χ2v) is 2.75. The molecular formula is C7H12N4O3. The molecule has 0 radical (unpaired) electrons. The van der Waals surface area contributed by atoms with Crippen molar-refractivity contribution in [2.24, 2.45) is 5.73 Å². The maximum Gasteiger partial charge on any atom is 0.358 e. The van der Waals surface area contributed by atoms with Crippen LogP contribution in [0.4, 0.5) is 0 Å². The van der Waals surface area contributed by atoms with Gasteiger partial charge in [-0.1, -0.05) is 0 Å². The quantitative estimate of drug-likeness (QED) is 0.592. The lowest BCUT2D eigenvalue weighted by atomic mass is 10.1. The number of aromatic nitrogens is 3. The highest BCUT2D eigenvalue weighted by Gasteiger charge is 2.20. The Hall–Kier alpha value is -1.47. The van der Waals surface area contributed by atoms with Crippen LogP contribution in [0.15, 0.2) is 0 Å². The molecule has 7 heteroatoms. The van der Waals surface area contributed by atoms with Gasteiger partial charge in [0, 0.05) is 13.7 Å². The summed E-state index contributed by atoms with van der Waals surface area (Å²) in [6.07, 6.45) is 0.503. The molecule has 78 valence electrons. The van der Waals surface area contributed by atoms with E-state index in [0.29, 0.717) is 13.0 Å². The van der Waals surface area contributed by atoms with Crippen LogP contribution in [0.2, 0.25) is 0 Å². The zero-order valence-electron chi connectivity index (χ0n) is 7.73. The van der Waals surface area contributed by atoms with Crippen LogP contribution in [0, 0.1) is 0 Å². The Morgan fingerprint density at radius 3 is 3.00 bits per heavy atom. The fraction of sp³-hybridized carbons (Fsp3) is 0.571. The van der Waals surface area contributed by atoms with Crippen molar-refractivity contribution in [3.05, 3.63) is 11.4 Å². The van der Waals surface area contributed by atoms with Gasteiger partial charge in [-0.05, 0) is 6.42 Å². The van der Waals surface area contributed by atoms with Gasteiger partial charge in [-0.15, -0.1) is 5.10 Å². The molecule has 0 fully saturated rings. The van der Waals surface area contributed by atoms with Gasteiger partial charge in [-0.2, -0.15) is 10.3 Å². The number of rotatable bonds is 5. The minimum atomic E-state index is -1.14. The van der Waals surface area contributed by atoms with Gasteiger partial charge in [0.15, 0.2) is 5.69 Å². The first-order valence-electron chi connectivity index (χ1n) is 4.05. The van der Waals surface area contributed by atoms with Crippen LogP contribution in [-0.2, 0) is 4.74 Å². The van der Waals surface area contributed by atoms with Crippen LogP contribution in [0.3, 0.4) is 0 Å². The van der Waals surface area contributed by atoms with Crippen molar-refractivity contribution in [3.8, 4) is 0 Å². The van der Waals surface area contributed by atoms with Crippen LogP contribution in [0.1, 0.15) is 28.6 Å². The Labute approximate surface area is 80.3 Å². The van der Waals surface area contributed by atoms with Crippen LogP contribution >= 0.6 is 0 Å². The number of hydrogen-bond acceptors (Lipinski definition) is 5. The highest BCUT2D eigenvalue weighted by molar-refractivity contribution is 5.86. The summed E-state index contributed by atoms with van der Waals surface area (Å²) in [7, 11) is 1.55. The minimum Gasteiger partial charge on any atom is -0.476 e. The predicted molar refractivity (Wildman–Crippen MR) is 46.8 cm³/mol. The zero-order valence-corrected chi connectivity index (χ0v) is 7.73. The van der Waals surface area contributed by atoms with Crippen molar-refractivity contribution >= 4 is 5.97 Å². The normalized spacial score (nSPS) is 12.7. The topological polar surface area (TPSA) is 114 Å². The van der Waals surface area contributed by atoms with Crippen molar-refractivity contribution in [1.29, 1.82) is 0 Å². The fourth-order valence-electron chi connectivity index (χ4n) is 1.04. The molecule has 1 atom stereocenters. The Kier molecular flexibility index (Phi) is 3.55. The van der Waals surface area contributed by atoms with Crippen LogP contribution < -0.4 is 5.73 Å². The first kappa shape index (κ1) is 10.6. The third-order valence-corrected chi connectivity index (χ3v) is 1.76. The Morgan fingerprint density at radius 2 is 2.43 bits per heavy atom. The number of hydrogen-bond donors (Lipinski definition) is 3. The van der Waals surface area contributed by atoms with E-state index in [0.717, 1.165) is 0 Å². The summed E-state index contributed by atoms with van der Waals surface area (Å²) < 4.78 is 4.83. The lowest BCUT2D eigenvalue weighted by Gasteiger charge is -2.07. The van der Waals surface area contributed by atoms with E-state index < -0.39 is 12.0 Å². The maximum absolute atomic E-state index is 10.7. The van der Waals surface area contributed by atoms with E-state index in [-0.39, 0.29) is 11.4 Å². The van der Waals surface area contributed by atoms with Crippen LogP contribution in [-0.4, -0.2) is 40.2 Å². The van der Waals surface area contributed by atoms with Gasteiger partial charge in [-0.3, -0.25) is 0 Å². The number of H-pyrrole nitrogens is 1. The first-order chi connectivity index (χ1) is 6.66. The van der Waals surface area contributed by atoms with Crippen molar-refractivity contribution < 1.29 is 14.6 Å². The van der Waals surface area contributed by atoms with Gasteiger partial charge in [0.1, 0.15) is 5.69 Å². The standard InChI is InChI=1S/C7H12N4O3/c1-14-3-2-4(8)5-6(7(12)13)10-11-9-5/h4H,2-3,8H2,1H3,(H,12,13)(H,9,10,11). The number of aromatic amines is 1. The van der Waals surface area contributed by atoms with Gasteiger partial charge in [0.25, 0.3) is 0 Å². The van der Waals surface area contributed by atoms with Gasteiger partial charge >= 0.3 is 5.97 Å². The van der Waals surface area contributed by atoms with E-state index >= 15 is 0 Å². The summed E-state index contributed by atoms with van der Waals surface area (Å²) in [6, 6.07) is -0.472. The monoisotopic (exact) mass is 200 g/mol. The minimum absolute atomic E-state index is 0.131. The second-order valence-electron chi connectivity index (χ2n) is 2.75. The summed E-state index contributed by atoms with van der Waals surface area (Å²) in [5, 5.41) is 18.1. The summed E-state index contributed by atoms with van der Waals surface area (Å²) in [5.74, 6) is -1.14. The molecule has 1 heterocycles. The molecule has 0 aliphatic carbocycles. The van der Waals surface area contributed by atoms with Gasteiger partial charge in [-0.25, -0.2) is 4.79 Å². The Bertz CT molecular complexity index is 312. The molecule has 0 saturated heterocycles. The number of methoxy groups -OCH3 is 1. The molecule has 1 aromatic heterocycles. The average molecular weight is 200 g/mol. The molecule has 0 amide bonds. The highest BCUT2D eigenvalue weighted by atomic mass is 16.5. The van der Waals surface area contributed by atoms with Crippen LogP contribution in [0.5, 0.6) is 0 Å². The number of ether oxygens (including phenoxy) is 1. The number of carbonyl (C=O) groups is 1. The SMILES string of the molecule is COCCC(N)c1n[nH]nc1C(=O)O. The molecule has 0 aliphatic heterocycles. The Balaban J connectivity index is 2.73. The molecule has 0 aliphatic rings. The van der Waals surface area contributed by atoms with E-state index in [2.05, 4.69) is 15.4 Å². The predicted octanol–water partition coefficient (Wildman–Crippen LogP) is -0.461. The number of nitrogens with two attached hydrogens (primary N) is 1.